The molecule has 0 radical (unpaired) electrons. The quantitative estimate of drug-likeness (QED) is 0.508. The van der Waals surface area contributed by atoms with Crippen molar-refractivity contribution in [2.24, 2.45) is 0 Å². The van der Waals surface area contributed by atoms with Crippen molar-refractivity contribution in [2.45, 2.75) is 20.0 Å². The molecule has 138 valence electrons. The molecule has 7 heteroatoms. The van der Waals surface area contributed by atoms with Crippen molar-refractivity contribution in [1.29, 1.82) is 0 Å². The highest BCUT2D eigenvalue weighted by Crippen LogP contribution is 2.24. The van der Waals surface area contributed by atoms with Crippen LogP contribution in [0.5, 0.6) is 0 Å². The number of aromatic nitrogens is 1. The summed E-state index contributed by atoms with van der Waals surface area (Å²) >= 11 is 1.31. The van der Waals surface area contributed by atoms with Gasteiger partial charge in [-0.15, -0.1) is 11.3 Å². The van der Waals surface area contributed by atoms with Crippen molar-refractivity contribution in [1.82, 2.24) is 4.98 Å². The Morgan fingerprint density at radius 2 is 2.00 bits per heavy atom. The Balaban J connectivity index is 1.54. The molecule has 2 aromatic heterocycles. The molecular formula is C20H18N2O4S. The third-order valence-electron chi connectivity index (χ3n) is 3.61. The van der Waals surface area contributed by atoms with Gasteiger partial charge in [0.2, 0.25) is 0 Å². The summed E-state index contributed by atoms with van der Waals surface area (Å²) in [7, 11) is 0. The number of benzene rings is 1. The summed E-state index contributed by atoms with van der Waals surface area (Å²) in [6.07, 6.45) is 1.76. The van der Waals surface area contributed by atoms with Gasteiger partial charge in [-0.2, -0.15) is 0 Å². The number of nitrogens with one attached hydrogen (secondary N) is 1. The number of furan rings is 1. The van der Waals surface area contributed by atoms with E-state index < -0.39 is 18.0 Å². The van der Waals surface area contributed by atoms with Gasteiger partial charge in [0.1, 0.15) is 11.5 Å². The highest BCUT2D eigenvalue weighted by molar-refractivity contribution is 7.14. The third-order valence-corrected chi connectivity index (χ3v) is 4.37. The maximum atomic E-state index is 12.2. The molecular weight excluding hydrogens is 364 g/mol. The van der Waals surface area contributed by atoms with Crippen LogP contribution in [0.2, 0.25) is 0 Å². The third kappa shape index (κ3) is 5.15. The molecule has 1 unspecified atom stereocenters. The monoisotopic (exact) mass is 382 g/mol. The van der Waals surface area contributed by atoms with Gasteiger partial charge >= 0.3 is 5.97 Å². The zero-order valence-corrected chi connectivity index (χ0v) is 15.7. The SMILES string of the molecule is Cc1ccc(C=CC(=O)OC(C)C(=O)Nc2nc(-c3ccccc3)cs2)o1. The fraction of sp³-hybridized carbons (Fsp3) is 0.150. The molecule has 27 heavy (non-hydrogen) atoms. The molecule has 0 aliphatic carbocycles. The van der Waals surface area contributed by atoms with Crippen molar-refractivity contribution in [3.05, 3.63) is 65.4 Å². The summed E-state index contributed by atoms with van der Waals surface area (Å²) in [4.78, 5) is 28.4. The predicted molar refractivity (Wildman–Crippen MR) is 104 cm³/mol. The van der Waals surface area contributed by atoms with Crippen LogP contribution >= 0.6 is 11.3 Å². The summed E-state index contributed by atoms with van der Waals surface area (Å²) in [5.41, 5.74) is 1.74. The summed E-state index contributed by atoms with van der Waals surface area (Å²) in [5, 5.41) is 4.97. The van der Waals surface area contributed by atoms with Crippen LogP contribution in [0.25, 0.3) is 17.3 Å². The Hall–Kier alpha value is -3.19. The number of ether oxygens (including phenoxy) is 1. The van der Waals surface area contributed by atoms with Gasteiger partial charge in [-0.1, -0.05) is 30.3 Å². The fourth-order valence-electron chi connectivity index (χ4n) is 2.24. The number of amides is 1. The number of carbonyl (C=O) groups is 2. The largest absolute Gasteiger partial charge is 0.462 e. The maximum Gasteiger partial charge on any atom is 0.331 e. The number of thiazole rings is 1. The highest BCUT2D eigenvalue weighted by Gasteiger charge is 2.18. The summed E-state index contributed by atoms with van der Waals surface area (Å²) in [6.45, 7) is 3.31. The van der Waals surface area contributed by atoms with Crippen molar-refractivity contribution < 1.29 is 18.7 Å². The van der Waals surface area contributed by atoms with Gasteiger partial charge in [0, 0.05) is 17.0 Å². The fourth-order valence-corrected chi connectivity index (χ4v) is 2.96. The second-order valence-electron chi connectivity index (χ2n) is 5.75. The van der Waals surface area contributed by atoms with E-state index in [1.54, 1.807) is 12.1 Å². The number of rotatable bonds is 6. The average molecular weight is 382 g/mol. The Labute approximate surface area is 160 Å². The van der Waals surface area contributed by atoms with E-state index in [1.807, 2.05) is 42.6 Å². The molecule has 0 fully saturated rings. The molecule has 3 aromatic rings. The lowest BCUT2D eigenvalue weighted by Gasteiger charge is -2.10. The van der Waals surface area contributed by atoms with E-state index in [0.29, 0.717) is 10.9 Å². The molecule has 0 bridgehead atoms. The van der Waals surface area contributed by atoms with Gasteiger partial charge in [0.15, 0.2) is 11.2 Å². The molecule has 1 N–H and O–H groups in total. The van der Waals surface area contributed by atoms with E-state index in [-0.39, 0.29) is 0 Å². The van der Waals surface area contributed by atoms with E-state index in [9.17, 15) is 9.59 Å². The number of aryl methyl sites for hydroxylation is 1. The molecule has 0 spiro atoms. The van der Waals surface area contributed by atoms with Gasteiger partial charge in [0.05, 0.1) is 5.69 Å². The topological polar surface area (TPSA) is 81.4 Å². The van der Waals surface area contributed by atoms with Crippen molar-refractivity contribution >= 4 is 34.4 Å². The molecule has 1 atom stereocenters. The van der Waals surface area contributed by atoms with Gasteiger partial charge < -0.3 is 9.15 Å². The molecule has 1 aromatic carbocycles. The summed E-state index contributed by atoms with van der Waals surface area (Å²) in [6, 6.07) is 13.2. The van der Waals surface area contributed by atoms with Gasteiger partial charge in [-0.25, -0.2) is 9.78 Å². The minimum Gasteiger partial charge on any atom is -0.462 e. The lowest BCUT2D eigenvalue weighted by Crippen LogP contribution is -2.29. The molecule has 3 rings (SSSR count). The zero-order valence-electron chi connectivity index (χ0n) is 14.8. The lowest BCUT2D eigenvalue weighted by molar-refractivity contribution is -0.148. The molecule has 0 saturated carbocycles. The normalized spacial score (nSPS) is 12.1. The van der Waals surface area contributed by atoms with Crippen LogP contribution in [0.4, 0.5) is 5.13 Å². The minimum atomic E-state index is -0.954. The van der Waals surface area contributed by atoms with E-state index in [2.05, 4.69) is 10.3 Å². The zero-order chi connectivity index (χ0) is 19.2. The lowest BCUT2D eigenvalue weighted by atomic mass is 10.2. The van der Waals surface area contributed by atoms with E-state index in [1.165, 1.54) is 30.4 Å². The van der Waals surface area contributed by atoms with Crippen LogP contribution in [0.15, 0.2) is 58.3 Å². The van der Waals surface area contributed by atoms with E-state index in [4.69, 9.17) is 9.15 Å². The molecule has 0 saturated heterocycles. The second-order valence-corrected chi connectivity index (χ2v) is 6.61. The van der Waals surface area contributed by atoms with E-state index >= 15 is 0 Å². The predicted octanol–water partition coefficient (Wildman–Crippen LogP) is 4.30. The van der Waals surface area contributed by atoms with Crippen molar-refractivity contribution in [3.8, 4) is 11.3 Å². The number of anilines is 1. The van der Waals surface area contributed by atoms with Crippen LogP contribution < -0.4 is 5.32 Å². The second kappa shape index (κ2) is 8.46. The number of esters is 1. The minimum absolute atomic E-state index is 0.445. The Morgan fingerprint density at radius 3 is 2.70 bits per heavy atom. The van der Waals surface area contributed by atoms with Crippen molar-refractivity contribution in [3.63, 3.8) is 0 Å². The first-order valence-electron chi connectivity index (χ1n) is 8.28. The number of hydrogen-bond donors (Lipinski definition) is 1. The summed E-state index contributed by atoms with van der Waals surface area (Å²) in [5.74, 6) is 0.210. The molecule has 0 aliphatic heterocycles. The van der Waals surface area contributed by atoms with E-state index in [0.717, 1.165) is 17.0 Å². The molecule has 2 heterocycles. The average Bonchev–Trinajstić information content (AvgIpc) is 3.29. The molecule has 6 nitrogen and oxygen atoms in total. The van der Waals surface area contributed by atoms with Gasteiger partial charge in [-0.05, 0) is 32.1 Å². The van der Waals surface area contributed by atoms with Crippen LogP contribution in [-0.4, -0.2) is 23.0 Å². The van der Waals surface area contributed by atoms with Crippen LogP contribution in [0.3, 0.4) is 0 Å². The standard InChI is InChI=1S/C20H18N2O4S/c1-13-8-9-16(25-13)10-11-18(23)26-14(2)19(24)22-20-21-17(12-27-20)15-6-4-3-5-7-15/h3-12,14H,1-2H3,(H,21,22,24). The van der Waals surface area contributed by atoms with Crippen LogP contribution in [-0.2, 0) is 14.3 Å². The first kappa shape index (κ1) is 18.6. The van der Waals surface area contributed by atoms with Crippen LogP contribution in [0, 0.1) is 6.92 Å². The smallest absolute Gasteiger partial charge is 0.331 e. The summed E-state index contributed by atoms with van der Waals surface area (Å²) < 4.78 is 10.4. The number of nitrogens with zero attached hydrogens (tertiary/aromatic N) is 1. The van der Waals surface area contributed by atoms with Crippen LogP contribution in [0.1, 0.15) is 18.4 Å². The number of hydrogen-bond acceptors (Lipinski definition) is 6. The molecule has 0 aliphatic rings. The Morgan fingerprint density at radius 1 is 1.22 bits per heavy atom. The maximum absolute atomic E-state index is 12.2. The molecule has 1 amide bonds. The van der Waals surface area contributed by atoms with Crippen molar-refractivity contribution in [2.75, 3.05) is 5.32 Å². The van der Waals surface area contributed by atoms with Gasteiger partial charge in [0.25, 0.3) is 5.91 Å². The first-order chi connectivity index (χ1) is 13.0. The number of carbonyl (C=O) groups excluding carboxylic acids is 2. The highest BCUT2D eigenvalue weighted by atomic mass is 32.1. The Bertz CT molecular complexity index is 959. The Kier molecular flexibility index (Phi) is 5.83. The first-order valence-corrected chi connectivity index (χ1v) is 9.16. The van der Waals surface area contributed by atoms with Gasteiger partial charge in [-0.3, -0.25) is 10.1 Å².